The predicted molar refractivity (Wildman–Crippen MR) is 65.1 cm³/mol. The molecule has 86 valence electrons. The van der Waals surface area contributed by atoms with Crippen LogP contribution in [0.1, 0.15) is 30.9 Å². The molecule has 0 heterocycles. The molecule has 0 bridgehead atoms. The zero-order valence-electron chi connectivity index (χ0n) is 9.62. The predicted octanol–water partition coefficient (Wildman–Crippen LogP) is 2.27. The Labute approximate surface area is 96.1 Å². The van der Waals surface area contributed by atoms with Gasteiger partial charge in [-0.3, -0.25) is 5.41 Å². The van der Waals surface area contributed by atoms with Crippen LogP contribution < -0.4 is 10.5 Å². The third-order valence-corrected chi connectivity index (χ3v) is 3.07. The van der Waals surface area contributed by atoms with Gasteiger partial charge in [0, 0.05) is 0 Å². The number of hydrogen-bond donors (Lipinski definition) is 2. The zero-order chi connectivity index (χ0) is 11.5. The lowest BCUT2D eigenvalue weighted by atomic mass is 10.1. The molecule has 0 spiro atoms. The first-order chi connectivity index (χ1) is 7.70. The Balaban J connectivity index is 2.13. The van der Waals surface area contributed by atoms with Gasteiger partial charge in [-0.1, -0.05) is 13.0 Å². The molecular formula is C13H18N2O. The Morgan fingerprint density at radius 2 is 2.19 bits per heavy atom. The fourth-order valence-electron chi connectivity index (χ4n) is 2.15. The second kappa shape index (κ2) is 4.56. The minimum atomic E-state index is -0.292. The summed E-state index contributed by atoms with van der Waals surface area (Å²) in [5, 5.41) is 7.41. The number of fused-ring (bicyclic) bond motifs is 1. The molecule has 2 rings (SSSR count). The Hall–Kier alpha value is -1.51. The minimum absolute atomic E-state index is 0.1000. The van der Waals surface area contributed by atoms with Crippen LogP contribution in [0.15, 0.2) is 18.2 Å². The average molecular weight is 218 g/mol. The summed E-state index contributed by atoms with van der Waals surface area (Å²) in [6, 6.07) is 6.20. The van der Waals surface area contributed by atoms with Crippen molar-refractivity contribution in [2.24, 2.45) is 5.73 Å². The van der Waals surface area contributed by atoms with Crippen molar-refractivity contribution < 1.29 is 4.74 Å². The van der Waals surface area contributed by atoms with Crippen LogP contribution in [-0.4, -0.2) is 11.9 Å². The first-order valence-corrected chi connectivity index (χ1v) is 5.83. The molecule has 16 heavy (non-hydrogen) atoms. The maximum absolute atomic E-state index is 7.41. The number of nitrogens with one attached hydrogen (secondary N) is 1. The molecule has 1 unspecified atom stereocenters. The summed E-state index contributed by atoms with van der Waals surface area (Å²) in [6.07, 6.45) is 4.00. The number of nitrogens with two attached hydrogens (primary N) is 1. The number of rotatable bonds is 4. The van der Waals surface area contributed by atoms with E-state index < -0.39 is 0 Å². The molecule has 1 aromatic rings. The van der Waals surface area contributed by atoms with Gasteiger partial charge in [0.2, 0.25) is 0 Å². The Kier molecular flexibility index (Phi) is 3.13. The highest BCUT2D eigenvalue weighted by Gasteiger charge is 2.14. The van der Waals surface area contributed by atoms with E-state index >= 15 is 0 Å². The minimum Gasteiger partial charge on any atom is -0.483 e. The monoisotopic (exact) mass is 218 g/mol. The van der Waals surface area contributed by atoms with Crippen LogP contribution in [0.3, 0.4) is 0 Å². The van der Waals surface area contributed by atoms with Gasteiger partial charge >= 0.3 is 0 Å². The summed E-state index contributed by atoms with van der Waals surface area (Å²) in [5.74, 6) is 0.936. The zero-order valence-corrected chi connectivity index (χ0v) is 9.62. The maximum Gasteiger partial charge on any atom is 0.155 e. The van der Waals surface area contributed by atoms with Gasteiger partial charge in [-0.05, 0) is 48.9 Å². The molecule has 0 amide bonds. The fourth-order valence-corrected chi connectivity index (χ4v) is 2.15. The fraction of sp³-hybridized carbons (Fsp3) is 0.462. The van der Waals surface area contributed by atoms with E-state index in [1.807, 2.05) is 13.0 Å². The number of ether oxygens (including phenoxy) is 1. The van der Waals surface area contributed by atoms with Gasteiger partial charge in [-0.25, -0.2) is 0 Å². The van der Waals surface area contributed by atoms with E-state index in [4.69, 9.17) is 15.9 Å². The summed E-state index contributed by atoms with van der Waals surface area (Å²) in [6.45, 7) is 1.97. The van der Waals surface area contributed by atoms with Gasteiger partial charge in [0.15, 0.2) is 6.10 Å². The lowest BCUT2D eigenvalue weighted by Gasteiger charge is -2.16. The first kappa shape index (κ1) is 11.0. The van der Waals surface area contributed by atoms with E-state index in [2.05, 4.69) is 12.1 Å². The van der Waals surface area contributed by atoms with Gasteiger partial charge in [0.05, 0.1) is 0 Å². The second-order valence-electron chi connectivity index (χ2n) is 4.25. The largest absolute Gasteiger partial charge is 0.483 e. The van der Waals surface area contributed by atoms with E-state index in [-0.39, 0.29) is 11.9 Å². The van der Waals surface area contributed by atoms with Gasteiger partial charge in [-0.2, -0.15) is 0 Å². The molecule has 3 heteroatoms. The van der Waals surface area contributed by atoms with Gasteiger partial charge in [-0.15, -0.1) is 0 Å². The van der Waals surface area contributed by atoms with Crippen LogP contribution in [0.4, 0.5) is 0 Å². The van der Waals surface area contributed by atoms with E-state index in [0.717, 1.165) is 18.6 Å². The highest BCUT2D eigenvalue weighted by atomic mass is 16.5. The van der Waals surface area contributed by atoms with Crippen molar-refractivity contribution in [3.8, 4) is 5.75 Å². The smallest absolute Gasteiger partial charge is 0.155 e. The molecule has 0 fully saturated rings. The van der Waals surface area contributed by atoms with Crippen molar-refractivity contribution in [2.45, 2.75) is 38.7 Å². The highest BCUT2D eigenvalue weighted by Crippen LogP contribution is 2.26. The Morgan fingerprint density at radius 3 is 2.88 bits per heavy atom. The normalized spacial score (nSPS) is 15.6. The van der Waals surface area contributed by atoms with Crippen molar-refractivity contribution in [3.63, 3.8) is 0 Å². The first-order valence-electron chi connectivity index (χ1n) is 5.83. The van der Waals surface area contributed by atoms with Crippen molar-refractivity contribution in [2.75, 3.05) is 0 Å². The third-order valence-electron chi connectivity index (χ3n) is 3.07. The summed E-state index contributed by atoms with van der Waals surface area (Å²) in [7, 11) is 0. The number of amidine groups is 1. The number of aryl methyl sites for hydroxylation is 2. The van der Waals surface area contributed by atoms with Crippen LogP contribution in [-0.2, 0) is 12.8 Å². The van der Waals surface area contributed by atoms with Crippen molar-refractivity contribution in [1.29, 1.82) is 5.41 Å². The van der Waals surface area contributed by atoms with E-state index in [1.54, 1.807) is 0 Å². The molecule has 1 aliphatic rings. The lowest BCUT2D eigenvalue weighted by molar-refractivity contribution is 0.260. The van der Waals surface area contributed by atoms with Gasteiger partial charge < -0.3 is 10.5 Å². The summed E-state index contributed by atoms with van der Waals surface area (Å²) < 4.78 is 5.70. The topological polar surface area (TPSA) is 59.1 Å². The lowest BCUT2D eigenvalue weighted by Crippen LogP contribution is -2.32. The number of hydrogen-bond acceptors (Lipinski definition) is 2. The van der Waals surface area contributed by atoms with E-state index in [0.29, 0.717) is 0 Å². The SMILES string of the molecule is CCC(Oc1ccc2c(c1)CCC2)C(=N)N. The quantitative estimate of drug-likeness (QED) is 0.601. The van der Waals surface area contributed by atoms with Crippen LogP contribution in [0.2, 0.25) is 0 Å². The summed E-state index contributed by atoms with van der Waals surface area (Å²) >= 11 is 0. The molecule has 3 nitrogen and oxygen atoms in total. The van der Waals surface area contributed by atoms with Crippen LogP contribution >= 0.6 is 0 Å². The average Bonchev–Trinajstić information content (AvgIpc) is 2.72. The molecule has 1 aliphatic carbocycles. The van der Waals surface area contributed by atoms with E-state index in [1.165, 1.54) is 24.0 Å². The summed E-state index contributed by atoms with van der Waals surface area (Å²) in [5.41, 5.74) is 8.28. The van der Waals surface area contributed by atoms with Crippen LogP contribution in [0.5, 0.6) is 5.75 Å². The standard InChI is InChI=1S/C13H18N2O/c1-2-12(13(14)15)16-11-7-6-9-4-3-5-10(9)8-11/h6-8,12H,2-5H2,1H3,(H3,14,15). The molecule has 0 saturated heterocycles. The number of benzene rings is 1. The molecule has 3 N–H and O–H groups in total. The summed E-state index contributed by atoms with van der Waals surface area (Å²) in [4.78, 5) is 0. The van der Waals surface area contributed by atoms with Gasteiger partial charge in [0.1, 0.15) is 11.6 Å². The molecule has 1 atom stereocenters. The molecule has 1 aromatic carbocycles. The molecular weight excluding hydrogens is 200 g/mol. The Bertz CT molecular complexity index is 401. The molecule has 0 radical (unpaired) electrons. The maximum atomic E-state index is 7.41. The molecule has 0 aromatic heterocycles. The highest BCUT2D eigenvalue weighted by molar-refractivity contribution is 5.82. The van der Waals surface area contributed by atoms with Crippen LogP contribution in [0, 0.1) is 5.41 Å². The third kappa shape index (κ3) is 2.18. The van der Waals surface area contributed by atoms with Crippen molar-refractivity contribution >= 4 is 5.84 Å². The molecule has 0 aliphatic heterocycles. The van der Waals surface area contributed by atoms with Crippen molar-refractivity contribution in [1.82, 2.24) is 0 Å². The second-order valence-corrected chi connectivity index (χ2v) is 4.25. The molecule has 0 saturated carbocycles. The Morgan fingerprint density at radius 1 is 1.44 bits per heavy atom. The van der Waals surface area contributed by atoms with E-state index in [9.17, 15) is 0 Å². The van der Waals surface area contributed by atoms with Crippen LogP contribution in [0.25, 0.3) is 0 Å². The van der Waals surface area contributed by atoms with Gasteiger partial charge in [0.25, 0.3) is 0 Å². The van der Waals surface area contributed by atoms with Crippen molar-refractivity contribution in [3.05, 3.63) is 29.3 Å².